The molecular weight excluding hydrogens is 336 g/mol. The molecule has 5 heteroatoms. The Kier molecular flexibility index (Phi) is 5.69. The molecule has 0 radical (unpaired) electrons. The molecule has 0 aliphatic rings. The molecule has 2 heterocycles. The second-order valence-corrected chi connectivity index (χ2v) is 6.89. The molecule has 3 rings (SSSR count). The summed E-state index contributed by atoms with van der Waals surface area (Å²) in [5.74, 6) is 0.0669. The van der Waals surface area contributed by atoms with E-state index in [0.717, 1.165) is 52.8 Å². The largest absolute Gasteiger partial charge is 0.384 e. The molecule has 3 N–H and O–H groups in total. The summed E-state index contributed by atoms with van der Waals surface area (Å²) >= 11 is 0. The second-order valence-electron chi connectivity index (χ2n) is 6.89. The van der Waals surface area contributed by atoms with Gasteiger partial charge in [0.2, 0.25) is 0 Å². The third-order valence-corrected chi connectivity index (χ3v) is 5.10. The van der Waals surface area contributed by atoms with Crippen LogP contribution in [0.25, 0.3) is 22.0 Å². The molecule has 0 aliphatic heterocycles. The molecule has 0 saturated heterocycles. The number of fused-ring (bicyclic) bond motifs is 1. The van der Waals surface area contributed by atoms with Crippen LogP contribution in [-0.2, 0) is 0 Å². The van der Waals surface area contributed by atoms with Crippen LogP contribution in [0.5, 0.6) is 0 Å². The third kappa shape index (κ3) is 4.08. The van der Waals surface area contributed by atoms with Crippen LogP contribution in [0.4, 0.5) is 5.69 Å². The summed E-state index contributed by atoms with van der Waals surface area (Å²) in [6.45, 7) is 7.12. The van der Waals surface area contributed by atoms with Crippen LogP contribution in [0.1, 0.15) is 42.7 Å². The summed E-state index contributed by atoms with van der Waals surface area (Å²) < 4.78 is 0. The van der Waals surface area contributed by atoms with Crippen LogP contribution in [0.2, 0.25) is 0 Å². The van der Waals surface area contributed by atoms with Crippen molar-refractivity contribution in [2.75, 3.05) is 11.9 Å². The number of aromatic nitrogens is 2. The van der Waals surface area contributed by atoms with Gasteiger partial charge in [-0.05, 0) is 36.6 Å². The number of pyridine rings is 2. The Bertz CT molecular complexity index is 946. The summed E-state index contributed by atoms with van der Waals surface area (Å²) in [5.41, 5.74) is 10.7. The van der Waals surface area contributed by atoms with E-state index in [-0.39, 0.29) is 0 Å². The van der Waals surface area contributed by atoms with Gasteiger partial charge < -0.3 is 11.1 Å². The first-order chi connectivity index (χ1) is 13.0. The van der Waals surface area contributed by atoms with Gasteiger partial charge in [-0.15, -0.1) is 0 Å². The standard InChI is InChI=1S/C22H26N4O/c1-4-15(5-2)11-26-21-18-10-16(17-7-6-14(3)24-12-17)8-9-20(18)25-13-19(21)22(23)27/h6-10,12-13,15H,4-5,11H2,1-3H3,(H2,23,27)(H,25,26). The molecule has 5 nitrogen and oxygen atoms in total. The molecule has 3 aromatic rings. The van der Waals surface area contributed by atoms with Crippen LogP contribution in [-0.4, -0.2) is 22.4 Å². The number of rotatable bonds is 7. The Morgan fingerprint density at radius 3 is 2.44 bits per heavy atom. The zero-order chi connectivity index (χ0) is 19.4. The van der Waals surface area contributed by atoms with Gasteiger partial charge in [-0.25, -0.2) is 0 Å². The van der Waals surface area contributed by atoms with E-state index in [0.29, 0.717) is 11.5 Å². The Labute approximate surface area is 160 Å². The number of nitrogens with two attached hydrogens (primary N) is 1. The predicted octanol–water partition coefficient (Wildman–Crippen LogP) is 4.55. The minimum absolute atomic E-state index is 0.424. The van der Waals surface area contributed by atoms with Gasteiger partial charge in [0, 0.05) is 35.6 Å². The lowest BCUT2D eigenvalue weighted by Crippen LogP contribution is -2.18. The predicted molar refractivity (Wildman–Crippen MR) is 111 cm³/mol. The fraction of sp³-hybridized carbons (Fsp3) is 0.318. The maximum absolute atomic E-state index is 12.0. The van der Waals surface area contributed by atoms with Crippen molar-refractivity contribution in [2.24, 2.45) is 11.7 Å². The molecule has 27 heavy (non-hydrogen) atoms. The minimum Gasteiger partial charge on any atom is -0.384 e. The van der Waals surface area contributed by atoms with Gasteiger partial charge in [0.25, 0.3) is 5.91 Å². The van der Waals surface area contributed by atoms with E-state index >= 15 is 0 Å². The van der Waals surface area contributed by atoms with Crippen molar-refractivity contribution >= 4 is 22.5 Å². The number of aryl methyl sites for hydroxylation is 1. The van der Waals surface area contributed by atoms with E-state index in [1.54, 1.807) is 6.20 Å². The number of hydrogen-bond acceptors (Lipinski definition) is 4. The fourth-order valence-corrected chi connectivity index (χ4v) is 3.21. The first kappa shape index (κ1) is 18.8. The van der Waals surface area contributed by atoms with Crippen molar-refractivity contribution in [3.8, 4) is 11.1 Å². The van der Waals surface area contributed by atoms with E-state index < -0.39 is 5.91 Å². The number of nitrogens with zero attached hydrogens (tertiary/aromatic N) is 2. The molecule has 1 amide bonds. The quantitative estimate of drug-likeness (QED) is 0.646. The highest BCUT2D eigenvalue weighted by Crippen LogP contribution is 2.31. The lowest BCUT2D eigenvalue weighted by Gasteiger charge is -2.18. The van der Waals surface area contributed by atoms with Crippen molar-refractivity contribution in [3.05, 3.63) is 54.0 Å². The zero-order valence-corrected chi connectivity index (χ0v) is 16.1. The first-order valence-corrected chi connectivity index (χ1v) is 9.42. The van der Waals surface area contributed by atoms with Crippen LogP contribution in [0.3, 0.4) is 0 Å². The highest BCUT2D eigenvalue weighted by molar-refractivity contribution is 6.07. The fourth-order valence-electron chi connectivity index (χ4n) is 3.21. The summed E-state index contributed by atoms with van der Waals surface area (Å²) in [6.07, 6.45) is 5.59. The molecule has 0 fully saturated rings. The van der Waals surface area contributed by atoms with E-state index in [9.17, 15) is 4.79 Å². The normalized spacial score (nSPS) is 11.1. The van der Waals surface area contributed by atoms with E-state index in [4.69, 9.17) is 5.73 Å². The number of primary amides is 1. The molecular formula is C22H26N4O. The average molecular weight is 362 g/mol. The second kappa shape index (κ2) is 8.16. The summed E-state index contributed by atoms with van der Waals surface area (Å²) in [6, 6.07) is 10.1. The monoisotopic (exact) mass is 362 g/mol. The lowest BCUT2D eigenvalue weighted by atomic mass is 10.0. The summed E-state index contributed by atoms with van der Waals surface area (Å²) in [7, 11) is 0. The lowest BCUT2D eigenvalue weighted by molar-refractivity contribution is 0.100. The van der Waals surface area contributed by atoms with Crippen molar-refractivity contribution in [1.82, 2.24) is 9.97 Å². The molecule has 0 atom stereocenters. The summed E-state index contributed by atoms with van der Waals surface area (Å²) in [4.78, 5) is 20.8. The topological polar surface area (TPSA) is 80.9 Å². The van der Waals surface area contributed by atoms with Gasteiger partial charge in [-0.2, -0.15) is 0 Å². The molecule has 0 bridgehead atoms. The van der Waals surface area contributed by atoms with Crippen molar-refractivity contribution in [3.63, 3.8) is 0 Å². The first-order valence-electron chi connectivity index (χ1n) is 9.42. The van der Waals surface area contributed by atoms with Crippen LogP contribution >= 0.6 is 0 Å². The van der Waals surface area contributed by atoms with Gasteiger partial charge in [-0.1, -0.05) is 38.8 Å². The molecule has 0 spiro atoms. The number of amides is 1. The number of anilines is 1. The Hall–Kier alpha value is -2.95. The smallest absolute Gasteiger partial charge is 0.252 e. The van der Waals surface area contributed by atoms with Crippen molar-refractivity contribution < 1.29 is 4.79 Å². The number of nitrogens with one attached hydrogen (secondary N) is 1. The molecule has 1 aromatic carbocycles. The van der Waals surface area contributed by atoms with Gasteiger partial charge in [0.05, 0.1) is 16.8 Å². The number of carbonyl (C=O) groups is 1. The van der Waals surface area contributed by atoms with Crippen molar-refractivity contribution in [2.45, 2.75) is 33.6 Å². The SMILES string of the molecule is CCC(CC)CNc1c(C(N)=O)cnc2ccc(-c3ccc(C)nc3)cc12. The summed E-state index contributed by atoms with van der Waals surface area (Å²) in [5, 5.41) is 4.37. The van der Waals surface area contributed by atoms with Crippen LogP contribution in [0.15, 0.2) is 42.7 Å². The molecule has 0 aliphatic carbocycles. The van der Waals surface area contributed by atoms with Crippen LogP contribution in [0, 0.1) is 12.8 Å². The molecule has 0 unspecified atom stereocenters. The van der Waals surface area contributed by atoms with Gasteiger partial charge in [0.15, 0.2) is 0 Å². The molecule has 2 aromatic heterocycles. The average Bonchev–Trinajstić information content (AvgIpc) is 2.68. The highest BCUT2D eigenvalue weighted by Gasteiger charge is 2.15. The maximum Gasteiger partial charge on any atom is 0.252 e. The highest BCUT2D eigenvalue weighted by atomic mass is 16.1. The molecule has 0 saturated carbocycles. The maximum atomic E-state index is 12.0. The van der Waals surface area contributed by atoms with E-state index in [1.807, 2.05) is 37.4 Å². The Morgan fingerprint density at radius 2 is 1.81 bits per heavy atom. The van der Waals surface area contributed by atoms with Crippen LogP contribution < -0.4 is 11.1 Å². The number of carbonyl (C=O) groups excluding carboxylic acids is 1. The third-order valence-electron chi connectivity index (χ3n) is 5.10. The van der Waals surface area contributed by atoms with Gasteiger partial charge in [0.1, 0.15) is 0 Å². The Balaban J connectivity index is 2.10. The van der Waals surface area contributed by atoms with E-state index in [1.165, 1.54) is 0 Å². The van der Waals surface area contributed by atoms with Gasteiger partial charge in [-0.3, -0.25) is 14.8 Å². The number of hydrogen-bond donors (Lipinski definition) is 2. The number of benzene rings is 1. The Morgan fingerprint density at radius 1 is 1.07 bits per heavy atom. The van der Waals surface area contributed by atoms with E-state index in [2.05, 4.69) is 35.2 Å². The zero-order valence-electron chi connectivity index (χ0n) is 16.1. The molecule has 140 valence electrons. The van der Waals surface area contributed by atoms with Crippen molar-refractivity contribution in [1.29, 1.82) is 0 Å². The minimum atomic E-state index is -0.473. The van der Waals surface area contributed by atoms with Gasteiger partial charge >= 0.3 is 0 Å².